The minimum Gasteiger partial charge on any atom is -0.497 e. The summed E-state index contributed by atoms with van der Waals surface area (Å²) in [7, 11) is 2.84. The lowest BCUT2D eigenvalue weighted by Crippen LogP contribution is -2.26. The maximum absolute atomic E-state index is 11.8. The van der Waals surface area contributed by atoms with Gasteiger partial charge in [-0.05, 0) is 24.3 Å². The number of H-pyrrole nitrogens is 1. The molecule has 0 bridgehead atoms. The maximum atomic E-state index is 11.8. The van der Waals surface area contributed by atoms with Crippen LogP contribution in [0.1, 0.15) is 5.56 Å². The first-order chi connectivity index (χ1) is 9.13. The molecular formula is C13H14N2O4. The molecule has 0 saturated heterocycles. The van der Waals surface area contributed by atoms with Gasteiger partial charge in [0.1, 0.15) is 5.75 Å². The van der Waals surface area contributed by atoms with Gasteiger partial charge < -0.3 is 19.8 Å². The number of aromatic nitrogens is 1. The zero-order valence-electron chi connectivity index (χ0n) is 10.6. The van der Waals surface area contributed by atoms with Gasteiger partial charge in [-0.2, -0.15) is 0 Å². The van der Waals surface area contributed by atoms with Crippen LogP contribution in [0.5, 0.6) is 5.75 Å². The Balaban J connectivity index is 2.36. The highest BCUT2D eigenvalue weighted by Gasteiger charge is 2.06. The Hall–Kier alpha value is -2.50. The molecule has 19 heavy (non-hydrogen) atoms. The number of aromatic amines is 1. The number of fused-ring (bicyclic) bond motifs is 1. The first-order valence-electron chi connectivity index (χ1n) is 5.66. The highest BCUT2D eigenvalue weighted by atomic mass is 16.5. The lowest BCUT2D eigenvalue weighted by atomic mass is 10.1. The summed E-state index contributed by atoms with van der Waals surface area (Å²) in [6.07, 6.45) is -0.579. The number of carbonyl (C=O) groups is 1. The van der Waals surface area contributed by atoms with Crippen molar-refractivity contribution in [3.05, 3.63) is 40.2 Å². The summed E-state index contributed by atoms with van der Waals surface area (Å²) < 4.78 is 9.58. The van der Waals surface area contributed by atoms with Gasteiger partial charge in [0, 0.05) is 16.5 Å². The van der Waals surface area contributed by atoms with Crippen molar-refractivity contribution in [3.8, 4) is 5.75 Å². The maximum Gasteiger partial charge on any atom is 0.407 e. The van der Waals surface area contributed by atoms with Gasteiger partial charge in [0.25, 0.3) is 5.56 Å². The molecule has 0 spiro atoms. The van der Waals surface area contributed by atoms with Crippen LogP contribution >= 0.6 is 0 Å². The quantitative estimate of drug-likeness (QED) is 0.876. The van der Waals surface area contributed by atoms with Crippen LogP contribution in [0, 0.1) is 0 Å². The SMILES string of the molecule is COC(=O)NCc1cc2cc(OC)ccc2[nH]c1=O. The Morgan fingerprint density at radius 1 is 1.32 bits per heavy atom. The molecule has 1 aromatic carbocycles. The minimum absolute atomic E-state index is 0.106. The van der Waals surface area contributed by atoms with Crippen LogP contribution in [0.15, 0.2) is 29.1 Å². The van der Waals surface area contributed by atoms with E-state index in [1.54, 1.807) is 25.3 Å². The summed E-state index contributed by atoms with van der Waals surface area (Å²) in [5, 5.41) is 3.30. The summed E-state index contributed by atoms with van der Waals surface area (Å²) in [5.74, 6) is 0.700. The summed E-state index contributed by atoms with van der Waals surface area (Å²) >= 11 is 0. The van der Waals surface area contributed by atoms with E-state index < -0.39 is 6.09 Å². The molecule has 2 rings (SSSR count). The van der Waals surface area contributed by atoms with Gasteiger partial charge >= 0.3 is 6.09 Å². The van der Waals surface area contributed by atoms with Crippen molar-refractivity contribution in [1.29, 1.82) is 0 Å². The minimum atomic E-state index is -0.579. The van der Waals surface area contributed by atoms with Gasteiger partial charge in [0.15, 0.2) is 0 Å². The van der Waals surface area contributed by atoms with Crippen LogP contribution in [0.3, 0.4) is 0 Å². The van der Waals surface area contributed by atoms with Crippen LogP contribution in [-0.4, -0.2) is 25.3 Å². The molecule has 1 heterocycles. The van der Waals surface area contributed by atoms with Gasteiger partial charge in [0.05, 0.1) is 20.8 Å². The number of hydrogen-bond acceptors (Lipinski definition) is 4. The molecule has 0 saturated carbocycles. The highest BCUT2D eigenvalue weighted by molar-refractivity contribution is 5.80. The number of amides is 1. The lowest BCUT2D eigenvalue weighted by molar-refractivity contribution is 0.170. The first-order valence-corrected chi connectivity index (χ1v) is 5.66. The molecule has 0 aliphatic heterocycles. The number of nitrogens with one attached hydrogen (secondary N) is 2. The smallest absolute Gasteiger partial charge is 0.407 e. The van der Waals surface area contributed by atoms with E-state index in [4.69, 9.17) is 4.74 Å². The van der Waals surface area contributed by atoms with Crippen molar-refractivity contribution in [2.24, 2.45) is 0 Å². The molecule has 2 N–H and O–H groups in total. The average molecular weight is 262 g/mol. The summed E-state index contributed by atoms with van der Waals surface area (Å²) in [6.45, 7) is 0.106. The van der Waals surface area contributed by atoms with Crippen molar-refractivity contribution >= 4 is 17.0 Å². The van der Waals surface area contributed by atoms with Crippen LogP contribution in [0.4, 0.5) is 4.79 Å². The molecule has 0 aliphatic rings. The van der Waals surface area contributed by atoms with E-state index in [2.05, 4.69) is 15.0 Å². The van der Waals surface area contributed by atoms with E-state index in [1.165, 1.54) is 7.11 Å². The molecule has 1 aromatic heterocycles. The van der Waals surface area contributed by atoms with E-state index in [9.17, 15) is 9.59 Å². The molecule has 6 heteroatoms. The standard InChI is InChI=1S/C13H14N2O4/c1-18-10-3-4-11-8(6-10)5-9(12(16)15-11)7-14-13(17)19-2/h3-6H,7H2,1-2H3,(H,14,17)(H,15,16). The Labute approximate surface area is 109 Å². The molecule has 0 aliphatic carbocycles. The Bertz CT molecular complexity index is 663. The number of alkyl carbamates (subject to hydrolysis) is 1. The number of pyridine rings is 1. The van der Waals surface area contributed by atoms with E-state index in [0.717, 1.165) is 5.39 Å². The number of rotatable bonds is 3. The van der Waals surface area contributed by atoms with Crippen LogP contribution in [-0.2, 0) is 11.3 Å². The predicted octanol–water partition coefficient (Wildman–Crippen LogP) is 1.39. The molecule has 1 amide bonds. The number of hydrogen-bond donors (Lipinski definition) is 2. The summed E-state index contributed by atoms with van der Waals surface area (Å²) in [6, 6.07) is 7.07. The number of methoxy groups -OCH3 is 2. The van der Waals surface area contributed by atoms with Gasteiger partial charge in [-0.15, -0.1) is 0 Å². The number of carbonyl (C=O) groups excluding carboxylic acids is 1. The fourth-order valence-electron chi connectivity index (χ4n) is 1.73. The molecule has 100 valence electrons. The van der Waals surface area contributed by atoms with Gasteiger partial charge in [0.2, 0.25) is 0 Å². The lowest BCUT2D eigenvalue weighted by Gasteiger charge is -2.06. The third-order valence-electron chi connectivity index (χ3n) is 2.74. The average Bonchev–Trinajstić information content (AvgIpc) is 2.44. The predicted molar refractivity (Wildman–Crippen MR) is 70.4 cm³/mol. The van der Waals surface area contributed by atoms with E-state index in [1.807, 2.05) is 6.07 Å². The topological polar surface area (TPSA) is 80.4 Å². The second-order valence-corrected chi connectivity index (χ2v) is 3.92. The van der Waals surface area contributed by atoms with Crippen molar-refractivity contribution in [1.82, 2.24) is 10.3 Å². The fraction of sp³-hybridized carbons (Fsp3) is 0.231. The molecule has 6 nitrogen and oxygen atoms in total. The monoisotopic (exact) mass is 262 g/mol. The third-order valence-corrected chi connectivity index (χ3v) is 2.74. The second-order valence-electron chi connectivity index (χ2n) is 3.92. The Morgan fingerprint density at radius 2 is 2.11 bits per heavy atom. The van der Waals surface area contributed by atoms with Crippen molar-refractivity contribution in [2.45, 2.75) is 6.54 Å². The van der Waals surface area contributed by atoms with Crippen LogP contribution < -0.4 is 15.6 Å². The molecule has 0 fully saturated rings. The normalized spacial score (nSPS) is 10.2. The van der Waals surface area contributed by atoms with Crippen LogP contribution in [0.2, 0.25) is 0 Å². The Kier molecular flexibility index (Phi) is 3.70. The van der Waals surface area contributed by atoms with Gasteiger partial charge in [-0.25, -0.2) is 4.79 Å². The largest absolute Gasteiger partial charge is 0.497 e. The van der Waals surface area contributed by atoms with Gasteiger partial charge in [-0.1, -0.05) is 0 Å². The van der Waals surface area contributed by atoms with E-state index in [-0.39, 0.29) is 12.1 Å². The van der Waals surface area contributed by atoms with Crippen molar-refractivity contribution in [3.63, 3.8) is 0 Å². The van der Waals surface area contributed by atoms with Crippen molar-refractivity contribution < 1.29 is 14.3 Å². The third kappa shape index (κ3) is 2.85. The van der Waals surface area contributed by atoms with Crippen molar-refractivity contribution in [2.75, 3.05) is 14.2 Å². The van der Waals surface area contributed by atoms with E-state index >= 15 is 0 Å². The molecule has 2 aromatic rings. The second kappa shape index (κ2) is 5.43. The summed E-state index contributed by atoms with van der Waals surface area (Å²) in [5.41, 5.74) is 0.924. The Morgan fingerprint density at radius 3 is 2.79 bits per heavy atom. The highest BCUT2D eigenvalue weighted by Crippen LogP contribution is 2.18. The first kappa shape index (κ1) is 12.9. The van der Waals surface area contributed by atoms with Gasteiger partial charge in [-0.3, -0.25) is 4.79 Å². The zero-order valence-corrected chi connectivity index (χ0v) is 10.6. The summed E-state index contributed by atoms with van der Waals surface area (Å²) in [4.78, 5) is 25.6. The van der Waals surface area contributed by atoms with E-state index in [0.29, 0.717) is 16.8 Å². The fourth-order valence-corrected chi connectivity index (χ4v) is 1.73. The molecule has 0 unspecified atom stereocenters. The molecular weight excluding hydrogens is 248 g/mol. The van der Waals surface area contributed by atoms with Crippen LogP contribution in [0.25, 0.3) is 10.9 Å². The number of ether oxygens (including phenoxy) is 2. The molecule has 0 radical (unpaired) electrons. The zero-order chi connectivity index (χ0) is 13.8. The molecule has 0 atom stereocenters. The number of benzene rings is 1.